The monoisotopic (exact) mass is 346 g/mol. The van der Waals surface area contributed by atoms with Crippen molar-refractivity contribution < 1.29 is 13.3 Å². The number of pyridine rings is 1. The fraction of sp³-hybridized carbons (Fsp3) is 0.133. The molecule has 0 amide bonds. The zero-order valence-corrected chi connectivity index (χ0v) is 13.5. The number of rotatable bonds is 5. The summed E-state index contributed by atoms with van der Waals surface area (Å²) in [4.78, 5) is 10.1. The van der Waals surface area contributed by atoms with Crippen molar-refractivity contribution in [2.24, 2.45) is 0 Å². The standard InChI is InChI=1S/C15H14N4O4S/c1-11-5-6-13(19(20)21)8-15(11)24(22,23)17-10-12-9-16-18-7-3-2-4-14(12)18/h2-9,17H,10H2,1H3. The first-order valence-corrected chi connectivity index (χ1v) is 8.53. The van der Waals surface area contributed by atoms with E-state index in [-0.39, 0.29) is 17.1 Å². The quantitative estimate of drug-likeness (QED) is 0.562. The minimum absolute atomic E-state index is 0.0397. The van der Waals surface area contributed by atoms with Crippen molar-refractivity contribution in [2.75, 3.05) is 0 Å². The number of nitrogens with one attached hydrogen (secondary N) is 1. The molecule has 0 atom stereocenters. The van der Waals surface area contributed by atoms with E-state index in [1.165, 1.54) is 12.1 Å². The van der Waals surface area contributed by atoms with Gasteiger partial charge in [-0.25, -0.2) is 17.7 Å². The third-order valence-electron chi connectivity index (χ3n) is 3.63. The highest BCUT2D eigenvalue weighted by Crippen LogP contribution is 2.22. The first-order chi connectivity index (χ1) is 11.4. The van der Waals surface area contributed by atoms with Crippen molar-refractivity contribution in [1.82, 2.24) is 14.3 Å². The van der Waals surface area contributed by atoms with E-state index in [0.29, 0.717) is 11.1 Å². The number of aryl methyl sites for hydroxylation is 1. The molecule has 1 N–H and O–H groups in total. The van der Waals surface area contributed by atoms with Gasteiger partial charge in [-0.15, -0.1) is 0 Å². The Hall–Kier alpha value is -2.78. The summed E-state index contributed by atoms with van der Waals surface area (Å²) in [6, 6.07) is 9.24. The van der Waals surface area contributed by atoms with E-state index in [1.807, 2.05) is 18.2 Å². The van der Waals surface area contributed by atoms with Crippen LogP contribution in [0.4, 0.5) is 5.69 Å². The van der Waals surface area contributed by atoms with Gasteiger partial charge in [0.2, 0.25) is 10.0 Å². The van der Waals surface area contributed by atoms with Gasteiger partial charge in [0.15, 0.2) is 0 Å². The Bertz CT molecular complexity index is 1030. The summed E-state index contributed by atoms with van der Waals surface area (Å²) in [6.45, 7) is 1.63. The molecule has 24 heavy (non-hydrogen) atoms. The molecule has 0 radical (unpaired) electrons. The number of nitro groups is 1. The van der Waals surface area contributed by atoms with Crippen molar-refractivity contribution in [3.63, 3.8) is 0 Å². The Kier molecular flexibility index (Phi) is 4.04. The Morgan fingerprint density at radius 1 is 1.29 bits per heavy atom. The second-order valence-corrected chi connectivity index (χ2v) is 6.97. The highest BCUT2D eigenvalue weighted by Gasteiger charge is 2.20. The van der Waals surface area contributed by atoms with E-state index >= 15 is 0 Å². The summed E-state index contributed by atoms with van der Waals surface area (Å²) in [6.07, 6.45) is 3.34. The molecule has 8 nitrogen and oxygen atoms in total. The predicted octanol–water partition coefficient (Wildman–Crippen LogP) is 2.03. The van der Waals surface area contributed by atoms with Gasteiger partial charge in [-0.05, 0) is 24.6 Å². The van der Waals surface area contributed by atoms with Crippen molar-refractivity contribution in [2.45, 2.75) is 18.4 Å². The lowest BCUT2D eigenvalue weighted by molar-refractivity contribution is -0.385. The molecule has 124 valence electrons. The largest absolute Gasteiger partial charge is 0.270 e. The summed E-state index contributed by atoms with van der Waals surface area (Å²) in [7, 11) is -3.88. The van der Waals surface area contributed by atoms with Gasteiger partial charge in [-0.3, -0.25) is 10.1 Å². The van der Waals surface area contributed by atoms with Crippen molar-refractivity contribution in [3.05, 3.63) is 70.0 Å². The number of hydrogen-bond acceptors (Lipinski definition) is 5. The normalized spacial score (nSPS) is 11.7. The van der Waals surface area contributed by atoms with Crippen LogP contribution in [0.15, 0.2) is 53.7 Å². The minimum atomic E-state index is -3.88. The van der Waals surface area contributed by atoms with Gasteiger partial charge in [0.05, 0.1) is 21.5 Å². The minimum Gasteiger partial charge on any atom is -0.258 e. The van der Waals surface area contributed by atoms with Gasteiger partial charge in [-0.1, -0.05) is 12.1 Å². The van der Waals surface area contributed by atoms with Gasteiger partial charge in [0.1, 0.15) is 0 Å². The van der Waals surface area contributed by atoms with Crippen molar-refractivity contribution in [3.8, 4) is 0 Å². The average Bonchev–Trinajstić information content (AvgIpc) is 2.96. The number of sulfonamides is 1. The van der Waals surface area contributed by atoms with Crippen LogP contribution < -0.4 is 4.72 Å². The maximum absolute atomic E-state index is 12.5. The first-order valence-electron chi connectivity index (χ1n) is 7.04. The number of aromatic nitrogens is 2. The first kappa shape index (κ1) is 16.1. The lowest BCUT2D eigenvalue weighted by Crippen LogP contribution is -2.24. The summed E-state index contributed by atoms with van der Waals surface area (Å²) in [5.41, 5.74) is 1.67. The molecule has 0 saturated heterocycles. The topological polar surface area (TPSA) is 107 Å². The molecule has 0 fully saturated rings. The van der Waals surface area contributed by atoms with Crippen LogP contribution in [0.25, 0.3) is 5.52 Å². The molecule has 0 aliphatic rings. The van der Waals surface area contributed by atoms with Crippen LogP contribution in [0.5, 0.6) is 0 Å². The fourth-order valence-electron chi connectivity index (χ4n) is 2.37. The fourth-order valence-corrected chi connectivity index (χ4v) is 3.63. The Balaban J connectivity index is 1.89. The predicted molar refractivity (Wildman–Crippen MR) is 87.1 cm³/mol. The molecule has 0 saturated carbocycles. The third-order valence-corrected chi connectivity index (χ3v) is 5.17. The molecule has 3 aromatic rings. The molecular formula is C15H14N4O4S. The van der Waals surface area contributed by atoms with Crippen LogP contribution in [0.3, 0.4) is 0 Å². The van der Waals surface area contributed by atoms with Crippen molar-refractivity contribution >= 4 is 21.2 Å². The number of non-ortho nitro benzene ring substituents is 1. The molecule has 0 aliphatic heterocycles. The third kappa shape index (κ3) is 2.99. The number of nitro benzene ring substituents is 1. The Morgan fingerprint density at radius 3 is 2.83 bits per heavy atom. The maximum Gasteiger partial charge on any atom is 0.270 e. The van der Waals surface area contributed by atoms with Gasteiger partial charge < -0.3 is 0 Å². The van der Waals surface area contributed by atoms with Gasteiger partial charge in [0, 0.05) is 30.4 Å². The summed E-state index contributed by atoms with van der Waals surface area (Å²) < 4.78 is 29.1. The summed E-state index contributed by atoms with van der Waals surface area (Å²) >= 11 is 0. The molecule has 0 bridgehead atoms. The van der Waals surface area contributed by atoms with E-state index in [4.69, 9.17) is 0 Å². The van der Waals surface area contributed by atoms with E-state index in [2.05, 4.69) is 9.82 Å². The summed E-state index contributed by atoms with van der Waals surface area (Å²) in [5, 5.41) is 15.0. The van der Waals surface area contributed by atoms with Crippen LogP contribution in [-0.4, -0.2) is 23.0 Å². The molecule has 2 aromatic heterocycles. The highest BCUT2D eigenvalue weighted by atomic mass is 32.2. The van der Waals surface area contributed by atoms with E-state index < -0.39 is 14.9 Å². The Morgan fingerprint density at radius 2 is 2.08 bits per heavy atom. The van der Waals surface area contributed by atoms with E-state index in [9.17, 15) is 18.5 Å². The second-order valence-electron chi connectivity index (χ2n) is 5.23. The SMILES string of the molecule is Cc1ccc([N+](=O)[O-])cc1S(=O)(=O)NCc1cnn2ccccc12. The zero-order valence-electron chi connectivity index (χ0n) is 12.7. The van der Waals surface area contributed by atoms with Crippen LogP contribution in [-0.2, 0) is 16.6 Å². The van der Waals surface area contributed by atoms with Crippen LogP contribution in [0, 0.1) is 17.0 Å². The number of nitrogens with zero attached hydrogens (tertiary/aromatic N) is 3. The van der Waals surface area contributed by atoms with Gasteiger partial charge in [0.25, 0.3) is 5.69 Å². The molecule has 0 aliphatic carbocycles. The number of hydrogen-bond donors (Lipinski definition) is 1. The molecule has 0 spiro atoms. The second kappa shape index (κ2) is 6.02. The number of benzene rings is 1. The average molecular weight is 346 g/mol. The van der Waals surface area contributed by atoms with Crippen LogP contribution >= 0.6 is 0 Å². The van der Waals surface area contributed by atoms with Gasteiger partial charge in [-0.2, -0.15) is 5.10 Å². The molecule has 0 unspecified atom stereocenters. The smallest absolute Gasteiger partial charge is 0.258 e. The van der Waals surface area contributed by atoms with E-state index in [1.54, 1.807) is 23.8 Å². The lowest BCUT2D eigenvalue weighted by atomic mass is 10.2. The van der Waals surface area contributed by atoms with Crippen LogP contribution in [0.1, 0.15) is 11.1 Å². The molecular weight excluding hydrogens is 332 g/mol. The van der Waals surface area contributed by atoms with Crippen LogP contribution in [0.2, 0.25) is 0 Å². The maximum atomic E-state index is 12.5. The number of fused-ring (bicyclic) bond motifs is 1. The molecule has 2 heterocycles. The zero-order chi connectivity index (χ0) is 17.3. The van der Waals surface area contributed by atoms with Gasteiger partial charge >= 0.3 is 0 Å². The molecule has 3 rings (SSSR count). The highest BCUT2D eigenvalue weighted by molar-refractivity contribution is 7.89. The van der Waals surface area contributed by atoms with E-state index in [0.717, 1.165) is 11.6 Å². The van der Waals surface area contributed by atoms with Crippen molar-refractivity contribution in [1.29, 1.82) is 0 Å². The Labute approximate surface area is 137 Å². The lowest BCUT2D eigenvalue weighted by Gasteiger charge is -2.08. The summed E-state index contributed by atoms with van der Waals surface area (Å²) in [5.74, 6) is 0. The molecule has 1 aromatic carbocycles. The molecule has 9 heteroatoms.